The van der Waals surface area contributed by atoms with Crippen molar-refractivity contribution in [2.24, 2.45) is 5.10 Å². The Morgan fingerprint density at radius 2 is 1.85 bits per heavy atom. The second kappa shape index (κ2) is 10.3. The summed E-state index contributed by atoms with van der Waals surface area (Å²) >= 11 is 0. The maximum absolute atomic E-state index is 12.7. The van der Waals surface area contributed by atoms with Crippen LogP contribution in [0.3, 0.4) is 0 Å². The summed E-state index contributed by atoms with van der Waals surface area (Å²) in [4.78, 5) is 25.1. The molecule has 2 aromatic heterocycles. The SMILES string of the molecule is COCc1cc(C)n(CC(=O)N/N=C/c2cc(C)n(-c3ccc(C)c(C)c3)c2C)c(=O)c1C#N. The summed E-state index contributed by atoms with van der Waals surface area (Å²) in [5, 5.41) is 13.4. The Bertz CT molecular complexity index is 1370. The maximum atomic E-state index is 12.7. The van der Waals surface area contributed by atoms with E-state index in [2.05, 4.69) is 47.1 Å². The first-order chi connectivity index (χ1) is 16.2. The molecule has 8 heteroatoms. The third kappa shape index (κ3) is 5.00. The van der Waals surface area contributed by atoms with Gasteiger partial charge in [0.25, 0.3) is 11.5 Å². The minimum atomic E-state index is -0.523. The topological polar surface area (TPSA) is 101 Å². The van der Waals surface area contributed by atoms with E-state index in [1.165, 1.54) is 22.8 Å². The van der Waals surface area contributed by atoms with Crippen molar-refractivity contribution in [2.75, 3.05) is 7.11 Å². The first-order valence-corrected chi connectivity index (χ1v) is 10.9. The van der Waals surface area contributed by atoms with Gasteiger partial charge in [-0.15, -0.1) is 0 Å². The summed E-state index contributed by atoms with van der Waals surface area (Å²) in [5.41, 5.74) is 9.44. The van der Waals surface area contributed by atoms with E-state index < -0.39 is 11.5 Å². The summed E-state index contributed by atoms with van der Waals surface area (Å²) in [6, 6.07) is 11.9. The number of methoxy groups -OCH3 is 1. The molecule has 0 aliphatic carbocycles. The van der Waals surface area contributed by atoms with Crippen molar-refractivity contribution < 1.29 is 9.53 Å². The molecule has 3 aromatic rings. The van der Waals surface area contributed by atoms with Gasteiger partial charge in [0.1, 0.15) is 18.2 Å². The first-order valence-electron chi connectivity index (χ1n) is 10.9. The van der Waals surface area contributed by atoms with Crippen LogP contribution >= 0.6 is 0 Å². The van der Waals surface area contributed by atoms with Gasteiger partial charge >= 0.3 is 0 Å². The van der Waals surface area contributed by atoms with Gasteiger partial charge in [-0.05, 0) is 70.0 Å². The van der Waals surface area contributed by atoms with E-state index in [9.17, 15) is 14.9 Å². The number of benzene rings is 1. The van der Waals surface area contributed by atoms with E-state index in [0.29, 0.717) is 11.3 Å². The van der Waals surface area contributed by atoms with Crippen LogP contribution < -0.4 is 11.0 Å². The highest BCUT2D eigenvalue weighted by molar-refractivity contribution is 5.84. The Kier molecular flexibility index (Phi) is 7.49. The summed E-state index contributed by atoms with van der Waals surface area (Å²) in [6.07, 6.45) is 1.59. The molecule has 0 atom stereocenters. The molecule has 3 rings (SSSR count). The van der Waals surface area contributed by atoms with Crippen molar-refractivity contribution in [1.82, 2.24) is 14.6 Å². The zero-order chi connectivity index (χ0) is 25.0. The molecule has 176 valence electrons. The molecule has 0 fully saturated rings. The van der Waals surface area contributed by atoms with Gasteiger partial charge in [-0.25, -0.2) is 5.43 Å². The molecule has 0 saturated heterocycles. The zero-order valence-electron chi connectivity index (χ0n) is 20.4. The summed E-state index contributed by atoms with van der Waals surface area (Å²) in [7, 11) is 1.49. The second-order valence-corrected chi connectivity index (χ2v) is 8.35. The number of rotatable bonds is 7. The standard InChI is InChI=1S/C26H29N5O3/c1-16-7-8-23(9-17(16)2)31-19(4)11-21(20(31)5)13-28-29-25(32)14-30-18(3)10-22(15-34-6)24(12-27)26(30)33/h7-11,13H,14-15H2,1-6H3,(H,29,32)/b28-13+. The van der Waals surface area contributed by atoms with Crippen LogP contribution in [-0.4, -0.2) is 28.4 Å². The number of hydrogen-bond acceptors (Lipinski definition) is 5. The molecular formula is C26H29N5O3. The molecule has 1 amide bonds. The average Bonchev–Trinajstić information content (AvgIpc) is 3.06. The lowest BCUT2D eigenvalue weighted by atomic mass is 10.1. The monoisotopic (exact) mass is 459 g/mol. The highest BCUT2D eigenvalue weighted by Crippen LogP contribution is 2.21. The van der Waals surface area contributed by atoms with Gasteiger partial charge < -0.3 is 13.9 Å². The number of hydrogen-bond donors (Lipinski definition) is 1. The molecule has 0 bridgehead atoms. The molecule has 0 radical (unpaired) electrons. The third-order valence-corrected chi connectivity index (χ3v) is 5.91. The normalized spacial score (nSPS) is 11.1. The quantitative estimate of drug-likeness (QED) is 0.432. The first kappa shape index (κ1) is 24.7. The van der Waals surface area contributed by atoms with Gasteiger partial charge in [-0.2, -0.15) is 10.4 Å². The van der Waals surface area contributed by atoms with E-state index in [1.54, 1.807) is 19.2 Å². The minimum absolute atomic E-state index is 0.0254. The Morgan fingerprint density at radius 3 is 2.50 bits per heavy atom. The van der Waals surface area contributed by atoms with E-state index in [1.807, 2.05) is 26.0 Å². The third-order valence-electron chi connectivity index (χ3n) is 5.91. The maximum Gasteiger partial charge on any atom is 0.269 e. The molecule has 0 spiro atoms. The number of nitriles is 1. The van der Waals surface area contributed by atoms with Crippen LogP contribution in [0.15, 0.2) is 40.2 Å². The smallest absolute Gasteiger partial charge is 0.269 e. The van der Waals surface area contributed by atoms with Crippen LogP contribution in [0.5, 0.6) is 0 Å². The van der Waals surface area contributed by atoms with Gasteiger partial charge in [0.2, 0.25) is 0 Å². The molecule has 34 heavy (non-hydrogen) atoms. The molecule has 2 heterocycles. The molecule has 8 nitrogen and oxygen atoms in total. The largest absolute Gasteiger partial charge is 0.380 e. The summed E-state index contributed by atoms with van der Waals surface area (Å²) in [5.74, 6) is -0.465. The Morgan fingerprint density at radius 1 is 1.12 bits per heavy atom. The Hall–Kier alpha value is -3.96. The Labute approximate surface area is 199 Å². The number of pyridine rings is 1. The number of aromatic nitrogens is 2. The van der Waals surface area contributed by atoms with Crippen LogP contribution in [0, 0.1) is 45.9 Å². The lowest BCUT2D eigenvalue weighted by Crippen LogP contribution is -2.33. The molecule has 1 aromatic carbocycles. The minimum Gasteiger partial charge on any atom is -0.380 e. The highest BCUT2D eigenvalue weighted by atomic mass is 16.5. The average molecular weight is 460 g/mol. The number of nitrogens with one attached hydrogen (secondary N) is 1. The second-order valence-electron chi connectivity index (χ2n) is 8.35. The summed E-state index contributed by atoms with van der Waals surface area (Å²) in [6.45, 7) is 9.80. The van der Waals surface area contributed by atoms with Gasteiger partial charge in [0, 0.05) is 41.0 Å². The van der Waals surface area contributed by atoms with Crippen LogP contribution in [-0.2, 0) is 22.7 Å². The van der Waals surface area contributed by atoms with Gasteiger partial charge in [0.05, 0.1) is 12.8 Å². The van der Waals surface area contributed by atoms with Crippen molar-refractivity contribution in [1.29, 1.82) is 5.26 Å². The fourth-order valence-corrected chi connectivity index (χ4v) is 3.95. The lowest BCUT2D eigenvalue weighted by Gasteiger charge is -2.12. The van der Waals surface area contributed by atoms with Gasteiger partial charge in [-0.1, -0.05) is 6.07 Å². The summed E-state index contributed by atoms with van der Waals surface area (Å²) < 4.78 is 8.46. The molecular weight excluding hydrogens is 430 g/mol. The fraction of sp³-hybridized carbons (Fsp3) is 0.308. The number of nitrogens with zero attached hydrogens (tertiary/aromatic N) is 4. The highest BCUT2D eigenvalue weighted by Gasteiger charge is 2.15. The predicted molar refractivity (Wildman–Crippen MR) is 131 cm³/mol. The number of aryl methyl sites for hydroxylation is 4. The molecule has 1 N–H and O–H groups in total. The molecule has 0 unspecified atom stereocenters. The Balaban J connectivity index is 1.77. The van der Waals surface area contributed by atoms with Crippen molar-refractivity contribution in [3.63, 3.8) is 0 Å². The van der Waals surface area contributed by atoms with Crippen LogP contribution in [0.2, 0.25) is 0 Å². The van der Waals surface area contributed by atoms with E-state index in [-0.39, 0.29) is 18.7 Å². The number of amides is 1. The van der Waals surface area contributed by atoms with Crippen molar-refractivity contribution >= 4 is 12.1 Å². The lowest BCUT2D eigenvalue weighted by molar-refractivity contribution is -0.121. The predicted octanol–water partition coefficient (Wildman–Crippen LogP) is 3.35. The van der Waals surface area contributed by atoms with E-state index >= 15 is 0 Å². The van der Waals surface area contributed by atoms with Crippen LogP contribution in [0.1, 0.15) is 44.9 Å². The fourth-order valence-electron chi connectivity index (χ4n) is 3.95. The van der Waals surface area contributed by atoms with E-state index in [0.717, 1.165) is 22.6 Å². The van der Waals surface area contributed by atoms with Crippen LogP contribution in [0.4, 0.5) is 0 Å². The van der Waals surface area contributed by atoms with Gasteiger partial charge in [0.15, 0.2) is 0 Å². The van der Waals surface area contributed by atoms with Crippen molar-refractivity contribution in [3.05, 3.63) is 85.6 Å². The van der Waals surface area contributed by atoms with Crippen molar-refractivity contribution in [2.45, 2.75) is 47.8 Å². The molecule has 0 saturated carbocycles. The number of carbonyl (C=O) groups is 1. The van der Waals surface area contributed by atoms with Crippen molar-refractivity contribution in [3.8, 4) is 11.8 Å². The molecule has 0 aliphatic heterocycles. The van der Waals surface area contributed by atoms with E-state index in [4.69, 9.17) is 4.74 Å². The van der Waals surface area contributed by atoms with Crippen LogP contribution in [0.25, 0.3) is 5.69 Å². The number of hydrazone groups is 1. The van der Waals surface area contributed by atoms with Gasteiger partial charge in [-0.3, -0.25) is 9.59 Å². The molecule has 0 aliphatic rings. The zero-order valence-corrected chi connectivity index (χ0v) is 20.4. The number of ether oxygens (including phenoxy) is 1. The number of carbonyl (C=O) groups excluding carboxylic acids is 1.